The van der Waals surface area contributed by atoms with E-state index in [1.54, 1.807) is 4.68 Å². The maximum Gasteiger partial charge on any atom is 0.336 e. The minimum absolute atomic E-state index is 0.000625. The number of aromatic carboxylic acids is 1. The molecule has 1 aromatic heterocycles. The van der Waals surface area contributed by atoms with Crippen molar-refractivity contribution in [2.24, 2.45) is 0 Å². The number of phenolic OH excluding ortho intramolecular Hbond substituents is 1. The van der Waals surface area contributed by atoms with Gasteiger partial charge in [0.2, 0.25) is 11.3 Å². The minimum atomic E-state index is -1.43. The molecule has 346 valence electrons. The fourth-order valence-corrected chi connectivity index (χ4v) is 7.84. The van der Waals surface area contributed by atoms with Crippen molar-refractivity contribution >= 4 is 57.1 Å². The van der Waals surface area contributed by atoms with Crippen LogP contribution in [-0.4, -0.2) is 50.4 Å². The number of aromatic nitrogens is 2. The van der Waals surface area contributed by atoms with Crippen molar-refractivity contribution in [1.29, 1.82) is 0 Å². The largest absolute Gasteiger partial charge is 0.505 e. The number of carbonyl (C=O) groups excluding carboxylic acids is 3. The van der Waals surface area contributed by atoms with E-state index in [-0.39, 0.29) is 68.8 Å². The van der Waals surface area contributed by atoms with Gasteiger partial charge in [-0.15, -0.1) is 0 Å². The molecule has 0 radical (unpaired) electrons. The number of benzene rings is 6. The Labute approximate surface area is 388 Å². The smallest absolute Gasteiger partial charge is 0.336 e. The number of carbonyl (C=O) groups is 4. The van der Waals surface area contributed by atoms with Crippen LogP contribution in [0.1, 0.15) is 78.4 Å². The molecule has 4 amide bonds. The van der Waals surface area contributed by atoms with Crippen LogP contribution in [-0.2, 0) is 16.8 Å². The van der Waals surface area contributed by atoms with Crippen LogP contribution in [0.25, 0.3) is 49.9 Å². The summed E-state index contributed by atoms with van der Waals surface area (Å²) in [6.07, 6.45) is 1.96. The molecule has 0 atom stereocenters. The molecular formula is C52H46F2N6O8. The number of hydrogen-bond donors (Lipinski definition) is 6. The number of aromatic hydroxyl groups is 1. The Kier molecular flexibility index (Phi) is 13.0. The van der Waals surface area contributed by atoms with Crippen LogP contribution in [0.4, 0.5) is 25.1 Å². The van der Waals surface area contributed by atoms with Crippen molar-refractivity contribution in [1.82, 2.24) is 20.4 Å². The zero-order valence-electron chi connectivity index (χ0n) is 37.2. The molecule has 0 bridgehead atoms. The Balaban J connectivity index is 0.832. The molecule has 5 aromatic carbocycles. The van der Waals surface area contributed by atoms with Crippen LogP contribution in [0, 0.1) is 11.6 Å². The van der Waals surface area contributed by atoms with Crippen molar-refractivity contribution in [2.75, 3.05) is 17.2 Å². The van der Waals surface area contributed by atoms with Gasteiger partial charge >= 0.3 is 12.0 Å². The first kappa shape index (κ1) is 46.1. The molecule has 0 saturated heterocycles. The highest BCUT2D eigenvalue weighted by Crippen LogP contribution is 2.43. The molecule has 2 aliphatic rings. The van der Waals surface area contributed by atoms with E-state index in [1.807, 2.05) is 93.6 Å². The third-order valence-corrected chi connectivity index (χ3v) is 11.4. The second-order valence-corrected chi connectivity index (χ2v) is 17.3. The lowest BCUT2D eigenvalue weighted by Gasteiger charge is -2.17. The molecular weight excluding hydrogens is 875 g/mol. The molecule has 16 heteroatoms. The number of nitrogens with zero attached hydrogens (tertiary/aromatic N) is 2. The first-order valence-electron chi connectivity index (χ1n) is 21.8. The number of halogens is 2. The summed E-state index contributed by atoms with van der Waals surface area (Å²) in [5.74, 6) is -4.71. The molecule has 14 nitrogen and oxygen atoms in total. The average Bonchev–Trinajstić information content (AvgIpc) is 3.74. The van der Waals surface area contributed by atoms with Gasteiger partial charge in [0, 0.05) is 70.6 Å². The molecule has 0 unspecified atom stereocenters. The van der Waals surface area contributed by atoms with Crippen molar-refractivity contribution in [3.63, 3.8) is 0 Å². The van der Waals surface area contributed by atoms with Gasteiger partial charge < -0.3 is 30.6 Å². The van der Waals surface area contributed by atoms with Crippen LogP contribution < -0.4 is 26.7 Å². The number of carboxylic acids is 1. The van der Waals surface area contributed by atoms with E-state index in [2.05, 4.69) is 21.3 Å². The third kappa shape index (κ3) is 10.0. The van der Waals surface area contributed by atoms with E-state index in [0.717, 1.165) is 52.4 Å². The number of urea groups is 1. The molecule has 6 N–H and O–H groups in total. The number of amides is 4. The average molecular weight is 921 g/mol. The zero-order valence-corrected chi connectivity index (χ0v) is 37.2. The van der Waals surface area contributed by atoms with Gasteiger partial charge in [0.15, 0.2) is 17.4 Å². The number of rotatable bonds is 14. The number of unbranched alkanes of at least 4 members (excludes halogenated alkanes) is 2. The van der Waals surface area contributed by atoms with Crippen LogP contribution in [0.3, 0.4) is 0 Å². The fraction of sp³-hybridized carbons (Fsp3) is 0.192. The van der Waals surface area contributed by atoms with Crippen LogP contribution in [0.5, 0.6) is 5.75 Å². The van der Waals surface area contributed by atoms with Crippen LogP contribution in [0.15, 0.2) is 124 Å². The highest BCUT2D eigenvalue weighted by molar-refractivity contribution is 6.09. The van der Waals surface area contributed by atoms with Crippen molar-refractivity contribution in [3.8, 4) is 33.9 Å². The molecule has 0 spiro atoms. The highest BCUT2D eigenvalue weighted by atomic mass is 19.1. The fourth-order valence-electron chi connectivity index (χ4n) is 7.84. The topological polar surface area (TPSA) is 205 Å². The standard InChI is InChI=1S/C52H46F2N6O8/c1-52(2,3)45-27-46(58-51(67)57-40-13-9-11-30-10-6-7-12-33(30)40)60(59-45)32-18-15-29(16-19-32)28-56-47(63)14-5-4-8-21-55-49(64)31-17-20-34(35(22-31)50(65)66)48-36-23-38(53)41(61)25-43(36)68-44-26-42(62)39(54)24-37(44)48/h6-7,9-13,15-20,22-27,61H,4-5,8,14,21,28H2,1-3H3,(H,55,64)(H,56,63)(H,65,66)(H2,57,58,67). The lowest BCUT2D eigenvalue weighted by molar-refractivity contribution is -0.121. The number of hydrogen-bond acceptors (Lipinski definition) is 8. The van der Waals surface area contributed by atoms with E-state index in [0.29, 0.717) is 43.0 Å². The summed E-state index contributed by atoms with van der Waals surface area (Å²) >= 11 is 0. The maximum absolute atomic E-state index is 14.6. The summed E-state index contributed by atoms with van der Waals surface area (Å²) in [6.45, 7) is 6.66. The van der Waals surface area contributed by atoms with E-state index in [1.165, 1.54) is 12.1 Å². The van der Waals surface area contributed by atoms with E-state index >= 15 is 0 Å². The summed E-state index contributed by atoms with van der Waals surface area (Å²) in [4.78, 5) is 63.8. The predicted octanol–water partition coefficient (Wildman–Crippen LogP) is 10.1. The Bertz CT molecular complexity index is 3280. The second-order valence-electron chi connectivity index (χ2n) is 17.3. The molecule has 1 aliphatic carbocycles. The van der Waals surface area contributed by atoms with E-state index in [4.69, 9.17) is 9.52 Å². The number of phenols is 1. The molecule has 8 rings (SSSR count). The second kappa shape index (κ2) is 19.2. The summed E-state index contributed by atoms with van der Waals surface area (Å²) in [7, 11) is 0. The van der Waals surface area contributed by atoms with Crippen LogP contribution >= 0.6 is 0 Å². The highest BCUT2D eigenvalue weighted by Gasteiger charge is 2.26. The SMILES string of the molecule is CC(C)(C)c1cc(NC(=O)Nc2cccc3ccccc23)n(-c2ccc(CNC(=O)CCCCCNC(=O)c3ccc(-c4c5cc(F)c(=O)cc-5oc5cc(O)c(F)cc45)c(C(=O)O)c3)cc2)n1. The Hall–Kier alpha value is -8.40. The number of nitrogens with one attached hydrogen (secondary N) is 4. The molecule has 0 saturated carbocycles. The normalized spacial score (nSPS) is 11.5. The van der Waals surface area contributed by atoms with Gasteiger partial charge in [-0.2, -0.15) is 5.10 Å². The van der Waals surface area contributed by atoms with Gasteiger partial charge in [0.1, 0.15) is 17.2 Å². The van der Waals surface area contributed by atoms with Crippen molar-refractivity contribution < 1.29 is 42.6 Å². The Morgan fingerprint density at radius 1 is 0.765 bits per heavy atom. The van der Waals surface area contributed by atoms with Gasteiger partial charge in [-0.05, 0) is 71.8 Å². The molecule has 1 aliphatic heterocycles. The summed E-state index contributed by atoms with van der Waals surface area (Å²) in [5.41, 5.74) is 1.32. The Morgan fingerprint density at radius 3 is 2.29 bits per heavy atom. The number of fused-ring (bicyclic) bond motifs is 3. The molecule has 68 heavy (non-hydrogen) atoms. The summed E-state index contributed by atoms with van der Waals surface area (Å²) in [5, 5.41) is 38.6. The van der Waals surface area contributed by atoms with Gasteiger partial charge in [0.25, 0.3) is 5.91 Å². The third-order valence-electron chi connectivity index (χ3n) is 11.4. The zero-order chi connectivity index (χ0) is 48.3. The quantitative estimate of drug-likeness (QED) is 0.0453. The molecule has 2 heterocycles. The van der Waals surface area contributed by atoms with E-state index in [9.17, 15) is 43.0 Å². The number of anilines is 2. The maximum atomic E-state index is 14.6. The van der Waals surface area contributed by atoms with Gasteiger partial charge in [-0.25, -0.2) is 23.1 Å². The monoisotopic (exact) mass is 920 g/mol. The first-order chi connectivity index (χ1) is 32.5. The molecule has 0 fully saturated rings. The van der Waals surface area contributed by atoms with Gasteiger partial charge in [0.05, 0.1) is 22.6 Å². The van der Waals surface area contributed by atoms with Gasteiger partial charge in [-0.3, -0.25) is 19.7 Å². The lowest BCUT2D eigenvalue weighted by atomic mass is 9.89. The summed E-state index contributed by atoms with van der Waals surface area (Å²) in [6, 6.07) is 29.9. The van der Waals surface area contributed by atoms with E-state index < -0.39 is 40.7 Å². The Morgan fingerprint density at radius 2 is 1.53 bits per heavy atom. The van der Waals surface area contributed by atoms with Crippen molar-refractivity contribution in [3.05, 3.63) is 160 Å². The van der Waals surface area contributed by atoms with Crippen LogP contribution in [0.2, 0.25) is 0 Å². The van der Waals surface area contributed by atoms with Gasteiger partial charge in [-0.1, -0.05) is 81.8 Å². The van der Waals surface area contributed by atoms with Crippen molar-refractivity contribution in [2.45, 2.75) is 58.4 Å². The first-order valence-corrected chi connectivity index (χ1v) is 21.8. The lowest BCUT2D eigenvalue weighted by Crippen LogP contribution is -2.25. The number of carboxylic acid groups (broad SMARTS) is 1. The molecule has 6 aromatic rings. The minimum Gasteiger partial charge on any atom is -0.505 e. The summed E-state index contributed by atoms with van der Waals surface area (Å²) < 4.78 is 36.5. The predicted molar refractivity (Wildman–Crippen MR) is 255 cm³/mol.